The van der Waals surface area contributed by atoms with E-state index in [1.165, 1.54) is 11.3 Å². The van der Waals surface area contributed by atoms with Crippen molar-refractivity contribution in [3.8, 4) is 0 Å². The molecule has 0 spiro atoms. The summed E-state index contributed by atoms with van der Waals surface area (Å²) in [5.74, 6) is -0.154. The zero-order valence-corrected chi connectivity index (χ0v) is 14.2. The molecule has 0 radical (unpaired) electrons. The number of carbonyl (C=O) groups excluding carboxylic acids is 1. The van der Waals surface area contributed by atoms with Crippen LogP contribution < -0.4 is 5.32 Å². The van der Waals surface area contributed by atoms with Crippen molar-refractivity contribution in [2.45, 2.75) is 29.7 Å². The number of amides is 1. The summed E-state index contributed by atoms with van der Waals surface area (Å²) in [6.07, 6.45) is 0.333. The fourth-order valence-corrected chi connectivity index (χ4v) is 4.95. The quantitative estimate of drug-likeness (QED) is 0.881. The lowest BCUT2D eigenvalue weighted by atomic mass is 10.1. The Morgan fingerprint density at radius 2 is 1.91 bits per heavy atom. The van der Waals surface area contributed by atoms with Gasteiger partial charge in [-0.15, -0.1) is 11.3 Å². The van der Waals surface area contributed by atoms with Gasteiger partial charge in [-0.1, -0.05) is 42.8 Å². The first-order valence-corrected chi connectivity index (χ1v) is 9.48. The van der Waals surface area contributed by atoms with Crippen LogP contribution in [0.4, 0.5) is 0 Å². The number of benzene rings is 1. The van der Waals surface area contributed by atoms with Gasteiger partial charge in [0.15, 0.2) is 9.84 Å². The summed E-state index contributed by atoms with van der Waals surface area (Å²) in [4.78, 5) is 11.5. The maximum Gasteiger partial charge on any atom is 0.219 e. The number of rotatable bonds is 6. The molecule has 1 atom stereocenters. The van der Waals surface area contributed by atoms with Crippen molar-refractivity contribution in [1.82, 2.24) is 5.32 Å². The van der Waals surface area contributed by atoms with Crippen LogP contribution in [-0.4, -0.2) is 20.9 Å². The molecule has 0 fully saturated rings. The molecule has 1 aromatic heterocycles. The van der Waals surface area contributed by atoms with Crippen LogP contribution in [0.2, 0.25) is 0 Å². The lowest BCUT2D eigenvalue weighted by Gasteiger charge is -2.18. The number of aryl methyl sites for hydroxylation is 1. The van der Waals surface area contributed by atoms with E-state index in [4.69, 9.17) is 0 Å². The van der Waals surface area contributed by atoms with Crippen LogP contribution in [-0.2, 0) is 14.6 Å². The molecule has 1 amide bonds. The largest absolute Gasteiger partial charge is 0.354 e. The van der Waals surface area contributed by atoms with E-state index in [1.54, 1.807) is 24.4 Å². The predicted molar refractivity (Wildman–Crippen MR) is 88.7 cm³/mol. The molecule has 0 saturated carbocycles. The second-order valence-electron chi connectivity index (χ2n) is 5.03. The second-order valence-corrected chi connectivity index (χ2v) is 8.34. The van der Waals surface area contributed by atoms with Gasteiger partial charge in [0.2, 0.25) is 5.91 Å². The van der Waals surface area contributed by atoms with Gasteiger partial charge in [-0.3, -0.25) is 4.79 Å². The zero-order valence-electron chi connectivity index (χ0n) is 12.6. The predicted octanol–water partition coefficient (Wildman–Crippen LogP) is 3.10. The molecule has 0 saturated heterocycles. The van der Waals surface area contributed by atoms with Crippen molar-refractivity contribution >= 4 is 27.1 Å². The number of hydrogen-bond acceptors (Lipinski definition) is 4. The molecule has 0 aliphatic carbocycles. The smallest absolute Gasteiger partial charge is 0.219 e. The summed E-state index contributed by atoms with van der Waals surface area (Å²) in [6, 6.07) is 10.7. The second kappa shape index (κ2) is 7.07. The van der Waals surface area contributed by atoms with Crippen LogP contribution in [0.25, 0.3) is 0 Å². The number of thiophene rings is 1. The van der Waals surface area contributed by atoms with Gasteiger partial charge in [0.05, 0.1) is 0 Å². The highest BCUT2D eigenvalue weighted by Gasteiger charge is 2.30. The van der Waals surface area contributed by atoms with E-state index in [0.29, 0.717) is 16.2 Å². The highest BCUT2D eigenvalue weighted by molar-refractivity contribution is 7.93. The lowest BCUT2D eigenvalue weighted by molar-refractivity contribution is -0.120. The third-order valence-electron chi connectivity index (χ3n) is 3.40. The Hall–Kier alpha value is -1.66. The summed E-state index contributed by atoms with van der Waals surface area (Å²) in [5.41, 5.74) is 1.75. The van der Waals surface area contributed by atoms with Crippen molar-refractivity contribution in [1.29, 1.82) is 0 Å². The molecule has 1 N–H and O–H groups in total. The minimum atomic E-state index is -3.52. The molecule has 1 heterocycles. The van der Waals surface area contributed by atoms with Gasteiger partial charge < -0.3 is 5.32 Å². The third kappa shape index (κ3) is 3.75. The monoisotopic (exact) mass is 337 g/mol. The molecule has 6 heteroatoms. The lowest BCUT2D eigenvalue weighted by Crippen LogP contribution is -2.31. The molecule has 0 aliphatic heterocycles. The van der Waals surface area contributed by atoms with Gasteiger partial charge in [-0.25, -0.2) is 8.42 Å². The van der Waals surface area contributed by atoms with E-state index in [9.17, 15) is 13.2 Å². The number of carbonyl (C=O) groups is 1. The number of nitrogens with one attached hydrogen (secondary N) is 1. The van der Waals surface area contributed by atoms with Crippen molar-refractivity contribution in [3.63, 3.8) is 0 Å². The van der Waals surface area contributed by atoms with Crippen molar-refractivity contribution < 1.29 is 13.2 Å². The molecule has 0 aliphatic rings. The minimum absolute atomic E-state index is 0.0793. The van der Waals surface area contributed by atoms with Crippen LogP contribution in [0.3, 0.4) is 0 Å². The maximum absolute atomic E-state index is 12.8. The fourth-order valence-electron chi connectivity index (χ4n) is 2.08. The van der Waals surface area contributed by atoms with Crippen LogP contribution in [0, 0.1) is 6.92 Å². The molecule has 1 aromatic carbocycles. The molecular formula is C16H19NO3S2. The van der Waals surface area contributed by atoms with Gasteiger partial charge in [0.1, 0.15) is 9.46 Å². The van der Waals surface area contributed by atoms with Crippen molar-refractivity contribution in [2.24, 2.45) is 0 Å². The zero-order chi connectivity index (χ0) is 16.2. The van der Waals surface area contributed by atoms with Crippen LogP contribution in [0.1, 0.15) is 29.7 Å². The third-order valence-corrected chi connectivity index (χ3v) is 6.94. The van der Waals surface area contributed by atoms with E-state index in [1.807, 2.05) is 31.2 Å². The molecule has 22 heavy (non-hydrogen) atoms. The van der Waals surface area contributed by atoms with E-state index in [-0.39, 0.29) is 12.5 Å². The van der Waals surface area contributed by atoms with Gasteiger partial charge >= 0.3 is 0 Å². The van der Waals surface area contributed by atoms with Gasteiger partial charge in [-0.05, 0) is 23.9 Å². The standard InChI is InChI=1S/C16H19NO3S2/c1-3-15(18)17-11-14(13-8-6-12(2)7-9-13)22(19,20)16-5-4-10-21-16/h4-10,14H,3,11H2,1-2H3,(H,17,18)/t14-/m0/s1. The molecule has 0 unspecified atom stereocenters. The first kappa shape index (κ1) is 16.7. The fraction of sp³-hybridized carbons (Fsp3) is 0.312. The Morgan fingerprint density at radius 1 is 1.23 bits per heavy atom. The molecular weight excluding hydrogens is 318 g/mol. The molecule has 2 aromatic rings. The minimum Gasteiger partial charge on any atom is -0.354 e. The van der Waals surface area contributed by atoms with Crippen molar-refractivity contribution in [2.75, 3.05) is 6.54 Å². The maximum atomic E-state index is 12.8. The van der Waals surface area contributed by atoms with Crippen LogP contribution in [0.5, 0.6) is 0 Å². The Bertz CT molecular complexity index is 719. The molecule has 4 nitrogen and oxygen atoms in total. The Balaban J connectivity index is 2.37. The van der Waals surface area contributed by atoms with E-state index in [2.05, 4.69) is 5.32 Å². The molecule has 0 bridgehead atoms. The summed E-state index contributed by atoms with van der Waals surface area (Å²) < 4.78 is 26.0. The topological polar surface area (TPSA) is 63.2 Å². The highest BCUT2D eigenvalue weighted by atomic mass is 32.2. The summed E-state index contributed by atoms with van der Waals surface area (Å²) in [6.45, 7) is 3.77. The van der Waals surface area contributed by atoms with Gasteiger partial charge in [0.25, 0.3) is 0 Å². The van der Waals surface area contributed by atoms with Gasteiger partial charge in [-0.2, -0.15) is 0 Å². The number of sulfone groups is 1. The molecule has 2 rings (SSSR count). The summed E-state index contributed by atoms with van der Waals surface area (Å²) >= 11 is 1.20. The normalized spacial score (nSPS) is 12.8. The highest BCUT2D eigenvalue weighted by Crippen LogP contribution is 2.31. The first-order chi connectivity index (χ1) is 10.4. The first-order valence-electron chi connectivity index (χ1n) is 7.05. The van der Waals surface area contributed by atoms with E-state index in [0.717, 1.165) is 5.56 Å². The average molecular weight is 337 g/mol. The molecule has 118 valence electrons. The summed E-state index contributed by atoms with van der Waals surface area (Å²) in [5, 5.41) is 3.66. The summed E-state index contributed by atoms with van der Waals surface area (Å²) in [7, 11) is -3.52. The Morgan fingerprint density at radius 3 is 2.45 bits per heavy atom. The van der Waals surface area contributed by atoms with Crippen molar-refractivity contribution in [3.05, 3.63) is 52.9 Å². The SMILES string of the molecule is CCC(=O)NC[C@@H](c1ccc(C)cc1)S(=O)(=O)c1cccs1. The Labute approximate surface area is 135 Å². The number of hydrogen-bond donors (Lipinski definition) is 1. The average Bonchev–Trinajstić information content (AvgIpc) is 3.04. The Kier molecular flexibility index (Phi) is 5.37. The van der Waals surface area contributed by atoms with E-state index < -0.39 is 15.1 Å². The van der Waals surface area contributed by atoms with E-state index >= 15 is 0 Å². The van der Waals surface area contributed by atoms with Crippen LogP contribution in [0.15, 0.2) is 46.0 Å². The van der Waals surface area contributed by atoms with Crippen LogP contribution >= 0.6 is 11.3 Å². The van der Waals surface area contributed by atoms with Gasteiger partial charge in [0, 0.05) is 13.0 Å².